The molecule has 0 spiro atoms. The molecule has 2 nitrogen and oxygen atoms in total. The summed E-state index contributed by atoms with van der Waals surface area (Å²) in [6, 6.07) is 17.0. The molecule has 2 heterocycles. The molecule has 2 aliphatic rings. The third-order valence-electron chi connectivity index (χ3n) is 6.11. The minimum absolute atomic E-state index is 0.327. The van der Waals surface area contributed by atoms with Gasteiger partial charge in [0, 0.05) is 25.4 Å². The van der Waals surface area contributed by atoms with E-state index >= 15 is 0 Å². The molecule has 2 aromatic rings. The van der Waals surface area contributed by atoms with Crippen molar-refractivity contribution in [1.29, 1.82) is 0 Å². The van der Waals surface area contributed by atoms with Gasteiger partial charge < -0.3 is 10.0 Å². The minimum atomic E-state index is -0.779. The average molecular weight is 321 g/mol. The van der Waals surface area contributed by atoms with E-state index in [2.05, 4.69) is 67.3 Å². The molecular formula is C22H27NO. The second-order valence-corrected chi connectivity index (χ2v) is 7.82. The molecule has 4 rings (SSSR count). The first-order valence-electron chi connectivity index (χ1n) is 9.12. The fourth-order valence-electron chi connectivity index (χ4n) is 4.94. The van der Waals surface area contributed by atoms with E-state index in [9.17, 15) is 5.11 Å². The highest BCUT2D eigenvalue weighted by Crippen LogP contribution is 2.46. The number of hydrogen-bond donors (Lipinski definition) is 1. The van der Waals surface area contributed by atoms with Gasteiger partial charge in [0.25, 0.3) is 0 Å². The lowest BCUT2D eigenvalue weighted by Crippen LogP contribution is -2.44. The average Bonchev–Trinajstić information content (AvgIpc) is 3.18. The van der Waals surface area contributed by atoms with E-state index in [-0.39, 0.29) is 0 Å². The largest absolute Gasteiger partial charge is 0.384 e. The molecule has 0 radical (unpaired) electrons. The van der Waals surface area contributed by atoms with Crippen LogP contribution in [0.15, 0.2) is 48.5 Å². The number of hydrogen-bond acceptors (Lipinski definition) is 2. The summed E-state index contributed by atoms with van der Waals surface area (Å²) >= 11 is 0. The number of rotatable bonds is 4. The molecule has 2 heteroatoms. The Morgan fingerprint density at radius 2 is 1.92 bits per heavy atom. The quantitative estimate of drug-likeness (QED) is 0.928. The van der Waals surface area contributed by atoms with E-state index in [0.717, 1.165) is 18.7 Å². The van der Waals surface area contributed by atoms with Gasteiger partial charge in [0.05, 0.1) is 5.60 Å². The Morgan fingerprint density at radius 3 is 2.58 bits per heavy atom. The summed E-state index contributed by atoms with van der Waals surface area (Å²) in [5.41, 5.74) is 4.03. The van der Waals surface area contributed by atoms with Crippen molar-refractivity contribution in [2.24, 2.45) is 11.8 Å². The third-order valence-corrected chi connectivity index (χ3v) is 6.11. The van der Waals surface area contributed by atoms with Crippen molar-refractivity contribution in [3.8, 4) is 0 Å². The van der Waals surface area contributed by atoms with Crippen LogP contribution < -0.4 is 0 Å². The van der Waals surface area contributed by atoms with Crippen molar-refractivity contribution in [2.75, 3.05) is 19.6 Å². The predicted molar refractivity (Wildman–Crippen MR) is 98.0 cm³/mol. The molecule has 2 aromatic carbocycles. The van der Waals surface area contributed by atoms with Gasteiger partial charge in [-0.3, -0.25) is 0 Å². The van der Waals surface area contributed by atoms with Crippen LogP contribution >= 0.6 is 0 Å². The van der Waals surface area contributed by atoms with Gasteiger partial charge in [-0.05, 0) is 49.4 Å². The van der Waals surface area contributed by atoms with E-state index < -0.39 is 5.60 Å². The lowest BCUT2D eigenvalue weighted by molar-refractivity contribution is -0.0428. The number of aliphatic hydroxyl groups is 1. The number of piperidine rings is 1. The van der Waals surface area contributed by atoms with Gasteiger partial charge in [-0.1, -0.05) is 54.1 Å². The van der Waals surface area contributed by atoms with Crippen LogP contribution in [0.1, 0.15) is 28.7 Å². The SMILES string of the molecule is Cc1cccc(CC(O)(c2ccccc2C)C2CN3CCC2C3)c1. The van der Waals surface area contributed by atoms with Crippen LogP contribution in [0, 0.1) is 25.7 Å². The standard InChI is InChI=1S/C22H27NO/c1-16-6-5-8-18(12-16)13-22(24,20-9-4-3-7-17(20)2)21-15-23-11-10-19(21)14-23/h3-9,12,19,21,24H,10-11,13-15H2,1-2H3. The smallest absolute Gasteiger partial charge is 0.0982 e. The Morgan fingerprint density at radius 1 is 1.08 bits per heavy atom. The molecule has 2 aliphatic heterocycles. The number of benzene rings is 2. The molecule has 0 saturated carbocycles. The molecular weight excluding hydrogens is 294 g/mol. The molecule has 0 aromatic heterocycles. The Bertz CT molecular complexity index is 740. The van der Waals surface area contributed by atoms with Crippen LogP contribution in [0.25, 0.3) is 0 Å². The van der Waals surface area contributed by atoms with E-state index in [4.69, 9.17) is 0 Å². The molecule has 2 fully saturated rings. The van der Waals surface area contributed by atoms with E-state index in [1.165, 1.54) is 29.7 Å². The van der Waals surface area contributed by atoms with Crippen LogP contribution in [-0.4, -0.2) is 29.6 Å². The van der Waals surface area contributed by atoms with Crippen molar-refractivity contribution in [1.82, 2.24) is 4.90 Å². The molecule has 0 aliphatic carbocycles. The van der Waals surface area contributed by atoms with Gasteiger partial charge in [-0.25, -0.2) is 0 Å². The summed E-state index contributed by atoms with van der Waals surface area (Å²) in [4.78, 5) is 2.52. The lowest BCUT2D eigenvalue weighted by Gasteiger charge is -2.40. The maximum atomic E-state index is 12.0. The highest BCUT2D eigenvalue weighted by atomic mass is 16.3. The van der Waals surface area contributed by atoms with Gasteiger partial charge in [-0.2, -0.15) is 0 Å². The predicted octanol–water partition coefficient (Wildman–Crippen LogP) is 3.69. The molecule has 4 atom stereocenters. The van der Waals surface area contributed by atoms with Crippen molar-refractivity contribution in [2.45, 2.75) is 32.3 Å². The topological polar surface area (TPSA) is 23.5 Å². The zero-order valence-electron chi connectivity index (χ0n) is 14.7. The lowest BCUT2D eigenvalue weighted by atomic mass is 9.70. The molecule has 4 unspecified atom stereocenters. The molecule has 126 valence electrons. The Kier molecular flexibility index (Phi) is 3.98. The Hall–Kier alpha value is -1.64. The van der Waals surface area contributed by atoms with Gasteiger partial charge >= 0.3 is 0 Å². The van der Waals surface area contributed by atoms with Crippen LogP contribution in [-0.2, 0) is 12.0 Å². The van der Waals surface area contributed by atoms with E-state index in [0.29, 0.717) is 18.3 Å². The summed E-state index contributed by atoms with van der Waals surface area (Å²) in [5.74, 6) is 0.951. The van der Waals surface area contributed by atoms with Crippen molar-refractivity contribution >= 4 is 0 Å². The molecule has 2 bridgehead atoms. The molecule has 1 N–H and O–H groups in total. The van der Waals surface area contributed by atoms with Crippen LogP contribution in [0.4, 0.5) is 0 Å². The maximum absolute atomic E-state index is 12.0. The summed E-state index contributed by atoms with van der Waals surface area (Å²) in [6.45, 7) is 7.65. The highest BCUT2D eigenvalue weighted by Gasteiger charge is 2.50. The van der Waals surface area contributed by atoms with Crippen molar-refractivity contribution in [3.05, 3.63) is 70.8 Å². The second-order valence-electron chi connectivity index (χ2n) is 7.82. The van der Waals surface area contributed by atoms with Crippen LogP contribution in [0.3, 0.4) is 0 Å². The monoisotopic (exact) mass is 321 g/mol. The maximum Gasteiger partial charge on any atom is 0.0982 e. The number of fused-ring (bicyclic) bond motifs is 2. The molecule has 0 amide bonds. The number of nitrogens with zero attached hydrogens (tertiary/aromatic N) is 1. The van der Waals surface area contributed by atoms with Crippen molar-refractivity contribution < 1.29 is 5.11 Å². The first-order chi connectivity index (χ1) is 11.6. The zero-order valence-corrected chi connectivity index (χ0v) is 14.7. The summed E-state index contributed by atoms with van der Waals surface area (Å²) in [6.07, 6.45) is 1.93. The first kappa shape index (κ1) is 15.9. The Balaban J connectivity index is 1.76. The fraction of sp³-hybridized carbons (Fsp3) is 0.455. The Labute approximate surface area is 145 Å². The van der Waals surface area contributed by atoms with Crippen LogP contribution in [0.2, 0.25) is 0 Å². The van der Waals surface area contributed by atoms with Gasteiger partial charge in [0.15, 0.2) is 0 Å². The number of aryl methyl sites for hydroxylation is 2. The van der Waals surface area contributed by atoms with E-state index in [1.54, 1.807) is 0 Å². The summed E-state index contributed by atoms with van der Waals surface area (Å²) in [7, 11) is 0. The van der Waals surface area contributed by atoms with E-state index in [1.807, 2.05) is 0 Å². The van der Waals surface area contributed by atoms with Crippen molar-refractivity contribution in [3.63, 3.8) is 0 Å². The summed E-state index contributed by atoms with van der Waals surface area (Å²) < 4.78 is 0. The minimum Gasteiger partial charge on any atom is -0.384 e. The highest BCUT2D eigenvalue weighted by molar-refractivity contribution is 5.36. The second kappa shape index (κ2) is 6.02. The van der Waals surface area contributed by atoms with Crippen LogP contribution in [0.5, 0.6) is 0 Å². The first-order valence-corrected chi connectivity index (χ1v) is 9.12. The molecule has 2 saturated heterocycles. The third kappa shape index (κ3) is 2.68. The summed E-state index contributed by atoms with van der Waals surface area (Å²) in [5, 5.41) is 12.0. The zero-order chi connectivity index (χ0) is 16.7. The normalized spacial score (nSPS) is 28.0. The molecule has 24 heavy (non-hydrogen) atoms. The van der Waals surface area contributed by atoms with Gasteiger partial charge in [-0.15, -0.1) is 0 Å². The fourth-order valence-corrected chi connectivity index (χ4v) is 4.94. The van der Waals surface area contributed by atoms with Gasteiger partial charge in [0.2, 0.25) is 0 Å². The van der Waals surface area contributed by atoms with Gasteiger partial charge in [0.1, 0.15) is 0 Å².